The molecule has 0 aliphatic carbocycles. The van der Waals surface area contributed by atoms with E-state index >= 15 is 0 Å². The van der Waals surface area contributed by atoms with Crippen molar-refractivity contribution in [1.82, 2.24) is 10.3 Å². The lowest BCUT2D eigenvalue weighted by molar-refractivity contribution is 0.719. The number of pyridine rings is 1. The van der Waals surface area contributed by atoms with Gasteiger partial charge in [-0.25, -0.2) is 0 Å². The van der Waals surface area contributed by atoms with Crippen LogP contribution in [-0.2, 0) is 0 Å². The maximum Gasteiger partial charge on any atom is 0.157 e. The number of thioether (sulfide) groups is 1. The molecular weight excluding hydrogens is 194 g/mol. The van der Waals surface area contributed by atoms with Crippen molar-refractivity contribution in [2.75, 3.05) is 12.3 Å². The van der Waals surface area contributed by atoms with Crippen LogP contribution in [0.4, 0.5) is 0 Å². The topological polar surface area (TPSA) is 37.3 Å². The lowest BCUT2D eigenvalue weighted by Gasteiger charge is -2.13. The second kappa shape index (κ2) is 4.46. The van der Waals surface area contributed by atoms with Crippen LogP contribution in [0.1, 0.15) is 18.5 Å². The molecule has 2 heterocycles. The van der Waals surface area contributed by atoms with Gasteiger partial charge in [0.15, 0.2) is 5.17 Å². The highest BCUT2D eigenvalue weighted by atomic mass is 32.2. The van der Waals surface area contributed by atoms with Crippen LogP contribution in [0.3, 0.4) is 0 Å². The van der Waals surface area contributed by atoms with Gasteiger partial charge in [0.25, 0.3) is 0 Å². The molecule has 3 nitrogen and oxygen atoms in total. The normalized spacial score (nSPS) is 17.6. The monoisotopic (exact) mass is 207 g/mol. The molecule has 74 valence electrons. The van der Waals surface area contributed by atoms with Gasteiger partial charge in [-0.15, -0.1) is 0 Å². The molecule has 0 radical (unpaired) electrons. The minimum Gasteiger partial charge on any atom is -0.358 e. The molecule has 0 spiro atoms. The Morgan fingerprint density at radius 2 is 2.50 bits per heavy atom. The van der Waals surface area contributed by atoms with Gasteiger partial charge in [-0.05, 0) is 18.6 Å². The Hall–Kier alpha value is -1.03. The summed E-state index contributed by atoms with van der Waals surface area (Å²) in [4.78, 5) is 8.44. The molecule has 1 atom stereocenters. The molecule has 0 aromatic carbocycles. The van der Waals surface area contributed by atoms with Crippen LogP contribution in [0.2, 0.25) is 0 Å². The molecular formula is C10H13N3S. The van der Waals surface area contributed by atoms with Crippen LogP contribution in [0, 0.1) is 0 Å². The van der Waals surface area contributed by atoms with E-state index in [4.69, 9.17) is 0 Å². The van der Waals surface area contributed by atoms with E-state index in [-0.39, 0.29) is 6.04 Å². The van der Waals surface area contributed by atoms with Gasteiger partial charge in [-0.1, -0.05) is 17.8 Å². The van der Waals surface area contributed by atoms with Crippen molar-refractivity contribution in [3.63, 3.8) is 0 Å². The van der Waals surface area contributed by atoms with Gasteiger partial charge in [-0.2, -0.15) is 0 Å². The fourth-order valence-electron chi connectivity index (χ4n) is 1.32. The van der Waals surface area contributed by atoms with Gasteiger partial charge >= 0.3 is 0 Å². The van der Waals surface area contributed by atoms with E-state index in [1.54, 1.807) is 18.0 Å². The predicted octanol–water partition coefficient (Wildman–Crippen LogP) is 1.83. The number of amidine groups is 1. The largest absolute Gasteiger partial charge is 0.358 e. The number of nitrogens with one attached hydrogen (secondary N) is 1. The summed E-state index contributed by atoms with van der Waals surface area (Å²) in [6.07, 6.45) is 3.68. The average molecular weight is 207 g/mol. The van der Waals surface area contributed by atoms with E-state index in [1.165, 1.54) is 5.56 Å². The minimum atomic E-state index is 0.285. The lowest BCUT2D eigenvalue weighted by atomic mass is 10.1. The highest BCUT2D eigenvalue weighted by molar-refractivity contribution is 8.14. The molecule has 4 heteroatoms. The second-order valence-electron chi connectivity index (χ2n) is 3.19. The third-order valence-electron chi connectivity index (χ3n) is 2.11. The van der Waals surface area contributed by atoms with Gasteiger partial charge in [0.1, 0.15) is 0 Å². The Morgan fingerprint density at radius 1 is 1.57 bits per heavy atom. The molecule has 0 saturated heterocycles. The molecule has 0 saturated carbocycles. The van der Waals surface area contributed by atoms with Crippen molar-refractivity contribution in [2.24, 2.45) is 4.99 Å². The fraction of sp³-hybridized carbons (Fsp3) is 0.400. The van der Waals surface area contributed by atoms with E-state index in [0.717, 1.165) is 17.5 Å². The van der Waals surface area contributed by atoms with Gasteiger partial charge in [-0.3, -0.25) is 9.98 Å². The molecule has 14 heavy (non-hydrogen) atoms. The zero-order valence-corrected chi connectivity index (χ0v) is 8.92. The highest BCUT2D eigenvalue weighted by Gasteiger charge is 2.11. The average Bonchev–Trinajstić information content (AvgIpc) is 2.72. The van der Waals surface area contributed by atoms with E-state index in [9.17, 15) is 0 Å². The fourth-order valence-corrected chi connectivity index (χ4v) is 2.14. The first-order chi connectivity index (χ1) is 6.86. The summed E-state index contributed by atoms with van der Waals surface area (Å²) < 4.78 is 0. The molecule has 1 aliphatic rings. The number of hydrogen-bond acceptors (Lipinski definition) is 4. The molecule has 0 amide bonds. The number of nitrogens with zero attached hydrogens (tertiary/aromatic N) is 2. The van der Waals surface area contributed by atoms with Crippen LogP contribution in [-0.4, -0.2) is 22.4 Å². The smallest absolute Gasteiger partial charge is 0.157 e. The molecule has 1 aromatic rings. The number of aliphatic imine (C=N–C) groups is 1. The Labute approximate surface area is 88.0 Å². The van der Waals surface area contributed by atoms with Crippen LogP contribution >= 0.6 is 11.8 Å². The van der Waals surface area contributed by atoms with Gasteiger partial charge in [0.05, 0.1) is 12.6 Å². The first-order valence-electron chi connectivity index (χ1n) is 4.70. The van der Waals surface area contributed by atoms with Crippen LogP contribution in [0.5, 0.6) is 0 Å². The molecule has 2 rings (SSSR count). The zero-order chi connectivity index (χ0) is 9.80. The third-order valence-corrected chi connectivity index (χ3v) is 3.02. The predicted molar refractivity (Wildman–Crippen MR) is 60.5 cm³/mol. The summed E-state index contributed by atoms with van der Waals surface area (Å²) in [6, 6.07) is 4.31. The molecule has 1 N–H and O–H groups in total. The summed E-state index contributed by atoms with van der Waals surface area (Å²) in [5.41, 5.74) is 1.20. The maximum atomic E-state index is 4.35. The Morgan fingerprint density at radius 3 is 3.14 bits per heavy atom. The summed E-state index contributed by atoms with van der Waals surface area (Å²) in [5, 5.41) is 4.42. The zero-order valence-electron chi connectivity index (χ0n) is 8.10. The summed E-state index contributed by atoms with van der Waals surface area (Å²) >= 11 is 1.78. The third kappa shape index (κ3) is 2.26. The summed E-state index contributed by atoms with van der Waals surface area (Å²) in [5.74, 6) is 1.10. The van der Waals surface area contributed by atoms with Crippen molar-refractivity contribution in [3.05, 3.63) is 30.1 Å². The van der Waals surface area contributed by atoms with E-state index in [1.807, 2.05) is 12.3 Å². The Balaban J connectivity index is 1.99. The van der Waals surface area contributed by atoms with Crippen molar-refractivity contribution < 1.29 is 0 Å². The lowest BCUT2D eigenvalue weighted by Crippen LogP contribution is -2.22. The van der Waals surface area contributed by atoms with E-state index in [0.29, 0.717) is 0 Å². The van der Waals surface area contributed by atoms with Crippen molar-refractivity contribution in [3.8, 4) is 0 Å². The molecule has 0 bridgehead atoms. The quantitative estimate of drug-likeness (QED) is 0.804. The van der Waals surface area contributed by atoms with Gasteiger partial charge in [0.2, 0.25) is 0 Å². The van der Waals surface area contributed by atoms with E-state index in [2.05, 4.69) is 28.3 Å². The molecule has 1 aromatic heterocycles. The second-order valence-corrected chi connectivity index (χ2v) is 4.27. The minimum absolute atomic E-state index is 0.285. The Bertz CT molecular complexity index is 323. The highest BCUT2D eigenvalue weighted by Crippen LogP contribution is 2.15. The van der Waals surface area contributed by atoms with Gasteiger partial charge < -0.3 is 5.32 Å². The first kappa shape index (κ1) is 9.52. The summed E-state index contributed by atoms with van der Waals surface area (Å²) in [7, 11) is 0. The number of aromatic nitrogens is 1. The molecule has 0 fully saturated rings. The molecule has 1 aliphatic heterocycles. The number of hydrogen-bond donors (Lipinski definition) is 1. The maximum absolute atomic E-state index is 4.35. The Kier molecular flexibility index (Phi) is 3.03. The SMILES string of the molecule is CC(NC1=NCCS1)c1cccnc1. The van der Waals surface area contributed by atoms with Crippen molar-refractivity contribution in [2.45, 2.75) is 13.0 Å². The van der Waals surface area contributed by atoms with Crippen LogP contribution in [0.25, 0.3) is 0 Å². The van der Waals surface area contributed by atoms with Crippen LogP contribution < -0.4 is 5.32 Å². The van der Waals surface area contributed by atoms with Crippen molar-refractivity contribution in [1.29, 1.82) is 0 Å². The van der Waals surface area contributed by atoms with Gasteiger partial charge in [0, 0.05) is 18.1 Å². The summed E-state index contributed by atoms with van der Waals surface area (Å²) in [6.45, 7) is 3.06. The van der Waals surface area contributed by atoms with E-state index < -0.39 is 0 Å². The molecule has 1 unspecified atom stereocenters. The number of rotatable bonds is 2. The standard InChI is InChI=1S/C10H13N3S/c1-8(9-3-2-4-11-7-9)13-10-12-5-6-14-10/h2-4,7-8H,5-6H2,1H3,(H,12,13). The van der Waals surface area contributed by atoms with Crippen LogP contribution in [0.15, 0.2) is 29.5 Å². The first-order valence-corrected chi connectivity index (χ1v) is 5.68. The van der Waals surface area contributed by atoms with Crippen molar-refractivity contribution >= 4 is 16.9 Å².